The van der Waals surface area contributed by atoms with E-state index in [0.29, 0.717) is 11.4 Å². The maximum Gasteiger partial charge on any atom is 0.286 e. The van der Waals surface area contributed by atoms with Crippen LogP contribution in [0.5, 0.6) is 5.75 Å². The number of ether oxygens (including phenoxy) is 1. The second-order valence-electron chi connectivity index (χ2n) is 5.13. The van der Waals surface area contributed by atoms with Gasteiger partial charge in [0.1, 0.15) is 11.4 Å². The highest BCUT2D eigenvalue weighted by atomic mass is 79.9. The number of aromatic amines is 1. The van der Waals surface area contributed by atoms with Crippen LogP contribution in [0.1, 0.15) is 28.5 Å². The van der Waals surface area contributed by atoms with Crippen LogP contribution >= 0.6 is 15.9 Å². The van der Waals surface area contributed by atoms with E-state index in [1.807, 2.05) is 26.0 Å². The number of aromatic nitrogens is 1. The Morgan fingerprint density at radius 3 is 2.65 bits per heavy atom. The van der Waals surface area contributed by atoms with Crippen LogP contribution in [0.4, 0.5) is 0 Å². The maximum absolute atomic E-state index is 12.0. The van der Waals surface area contributed by atoms with Crippen LogP contribution in [0.2, 0.25) is 0 Å². The van der Waals surface area contributed by atoms with E-state index in [9.17, 15) is 9.59 Å². The third-order valence-electron chi connectivity index (χ3n) is 3.42. The molecule has 0 bridgehead atoms. The molecule has 2 rings (SSSR count). The van der Waals surface area contributed by atoms with Gasteiger partial charge in [0.15, 0.2) is 6.10 Å². The Hall–Kier alpha value is -2.28. The van der Waals surface area contributed by atoms with Crippen molar-refractivity contribution in [3.8, 4) is 5.75 Å². The molecule has 0 aliphatic heterocycles. The standard InChI is InChI=1S/C16H18BrN3O3/c1-9-5-4-6-14(10(9)2)23-11(3)15(21)19-20-16(22)13-7-12(17)8-18-13/h4-8,11,18H,1-3H3,(H,19,21)(H,20,22). The summed E-state index contributed by atoms with van der Waals surface area (Å²) in [6, 6.07) is 7.26. The van der Waals surface area contributed by atoms with Crippen LogP contribution < -0.4 is 15.6 Å². The summed E-state index contributed by atoms with van der Waals surface area (Å²) >= 11 is 3.23. The van der Waals surface area contributed by atoms with Crippen molar-refractivity contribution in [1.29, 1.82) is 0 Å². The Labute approximate surface area is 142 Å². The van der Waals surface area contributed by atoms with Crippen LogP contribution in [-0.4, -0.2) is 22.9 Å². The Bertz CT molecular complexity index is 727. The number of amides is 2. The SMILES string of the molecule is Cc1cccc(OC(C)C(=O)NNC(=O)c2cc(Br)c[nH]2)c1C. The van der Waals surface area contributed by atoms with Crippen molar-refractivity contribution >= 4 is 27.7 Å². The first-order valence-electron chi connectivity index (χ1n) is 7.05. The van der Waals surface area contributed by atoms with Gasteiger partial charge in [-0.15, -0.1) is 0 Å². The first kappa shape index (κ1) is 17.1. The van der Waals surface area contributed by atoms with Crippen molar-refractivity contribution in [2.75, 3.05) is 0 Å². The zero-order valence-electron chi connectivity index (χ0n) is 13.1. The molecule has 0 aliphatic rings. The van der Waals surface area contributed by atoms with Crippen molar-refractivity contribution in [3.63, 3.8) is 0 Å². The molecule has 2 aromatic rings. The average molecular weight is 380 g/mol. The van der Waals surface area contributed by atoms with Crippen LogP contribution in [0.3, 0.4) is 0 Å². The second-order valence-corrected chi connectivity index (χ2v) is 6.05. The lowest BCUT2D eigenvalue weighted by Gasteiger charge is -2.17. The predicted octanol–water partition coefficient (Wildman–Crippen LogP) is 2.62. The van der Waals surface area contributed by atoms with Gasteiger partial charge in [0.25, 0.3) is 11.8 Å². The van der Waals surface area contributed by atoms with Crippen LogP contribution in [0.25, 0.3) is 0 Å². The molecule has 3 N–H and O–H groups in total. The number of halogens is 1. The quantitative estimate of drug-likeness (QED) is 0.714. The van der Waals surface area contributed by atoms with Gasteiger partial charge in [0.05, 0.1) is 0 Å². The minimum atomic E-state index is -0.744. The van der Waals surface area contributed by atoms with Gasteiger partial charge in [-0.25, -0.2) is 0 Å². The van der Waals surface area contributed by atoms with Crippen LogP contribution in [0, 0.1) is 13.8 Å². The molecule has 1 aromatic carbocycles. The smallest absolute Gasteiger partial charge is 0.286 e. The lowest BCUT2D eigenvalue weighted by atomic mass is 10.1. The fraction of sp³-hybridized carbons (Fsp3) is 0.250. The summed E-state index contributed by atoms with van der Waals surface area (Å²) < 4.78 is 6.40. The Kier molecular flexibility index (Phi) is 5.44. The molecule has 1 heterocycles. The highest BCUT2D eigenvalue weighted by Crippen LogP contribution is 2.21. The number of hydrogen-bond acceptors (Lipinski definition) is 3. The molecule has 0 fully saturated rings. The highest BCUT2D eigenvalue weighted by Gasteiger charge is 2.17. The zero-order valence-corrected chi connectivity index (χ0v) is 14.7. The number of benzene rings is 1. The normalized spacial score (nSPS) is 11.7. The molecule has 0 saturated carbocycles. The molecule has 122 valence electrons. The zero-order chi connectivity index (χ0) is 17.0. The lowest BCUT2D eigenvalue weighted by molar-refractivity contribution is -0.128. The highest BCUT2D eigenvalue weighted by molar-refractivity contribution is 9.10. The number of hydrogen-bond donors (Lipinski definition) is 3. The maximum atomic E-state index is 12.0. The summed E-state index contributed by atoms with van der Waals surface area (Å²) in [5.41, 5.74) is 7.08. The number of aryl methyl sites for hydroxylation is 1. The van der Waals surface area contributed by atoms with Crippen molar-refractivity contribution in [2.45, 2.75) is 26.9 Å². The van der Waals surface area contributed by atoms with E-state index >= 15 is 0 Å². The number of carbonyl (C=O) groups is 2. The molecule has 1 unspecified atom stereocenters. The van der Waals surface area contributed by atoms with Gasteiger partial charge in [-0.1, -0.05) is 12.1 Å². The number of rotatable bonds is 4. The Morgan fingerprint density at radius 2 is 2.00 bits per heavy atom. The molecule has 7 heteroatoms. The Balaban J connectivity index is 1.90. The molecule has 1 aromatic heterocycles. The number of nitrogens with one attached hydrogen (secondary N) is 3. The van der Waals surface area contributed by atoms with E-state index in [0.717, 1.165) is 15.6 Å². The van der Waals surface area contributed by atoms with Crippen molar-refractivity contribution in [3.05, 3.63) is 51.8 Å². The number of hydrazine groups is 1. The van der Waals surface area contributed by atoms with Gasteiger partial charge in [-0.2, -0.15) is 0 Å². The predicted molar refractivity (Wildman–Crippen MR) is 90.1 cm³/mol. The lowest BCUT2D eigenvalue weighted by Crippen LogP contribution is -2.47. The summed E-state index contributed by atoms with van der Waals surface area (Å²) in [5, 5.41) is 0. The second kappa shape index (κ2) is 7.32. The average Bonchev–Trinajstić information content (AvgIpc) is 2.95. The minimum absolute atomic E-state index is 0.334. The first-order chi connectivity index (χ1) is 10.9. The summed E-state index contributed by atoms with van der Waals surface area (Å²) in [4.78, 5) is 26.6. The molecule has 0 saturated heterocycles. The van der Waals surface area contributed by atoms with Crippen molar-refractivity contribution in [2.24, 2.45) is 0 Å². The topological polar surface area (TPSA) is 83.2 Å². The molecule has 23 heavy (non-hydrogen) atoms. The molecular weight excluding hydrogens is 362 g/mol. The van der Waals surface area contributed by atoms with Crippen molar-refractivity contribution < 1.29 is 14.3 Å². The molecule has 1 atom stereocenters. The number of H-pyrrole nitrogens is 1. The van der Waals surface area contributed by atoms with Gasteiger partial charge in [-0.3, -0.25) is 20.4 Å². The van der Waals surface area contributed by atoms with E-state index < -0.39 is 17.9 Å². The molecule has 0 radical (unpaired) electrons. The van der Waals surface area contributed by atoms with Crippen LogP contribution in [-0.2, 0) is 4.79 Å². The van der Waals surface area contributed by atoms with E-state index in [1.165, 1.54) is 0 Å². The largest absolute Gasteiger partial charge is 0.481 e. The summed E-state index contributed by atoms with van der Waals surface area (Å²) in [6.45, 7) is 5.52. The molecule has 6 nitrogen and oxygen atoms in total. The summed E-state index contributed by atoms with van der Waals surface area (Å²) in [7, 11) is 0. The van der Waals surface area contributed by atoms with E-state index in [1.54, 1.807) is 25.3 Å². The van der Waals surface area contributed by atoms with Crippen LogP contribution in [0.15, 0.2) is 34.9 Å². The summed E-state index contributed by atoms with van der Waals surface area (Å²) in [5.74, 6) is -0.236. The monoisotopic (exact) mass is 379 g/mol. The van der Waals surface area contributed by atoms with Gasteiger partial charge in [0.2, 0.25) is 0 Å². The molecule has 0 aliphatic carbocycles. The fourth-order valence-corrected chi connectivity index (χ4v) is 2.23. The Morgan fingerprint density at radius 1 is 1.26 bits per heavy atom. The third-order valence-corrected chi connectivity index (χ3v) is 3.88. The fourth-order valence-electron chi connectivity index (χ4n) is 1.88. The third kappa shape index (κ3) is 4.35. The van der Waals surface area contributed by atoms with Crippen molar-refractivity contribution in [1.82, 2.24) is 15.8 Å². The van der Waals surface area contributed by atoms with E-state index in [-0.39, 0.29) is 0 Å². The summed E-state index contributed by atoms with van der Waals surface area (Å²) in [6.07, 6.45) is 0.884. The van der Waals surface area contributed by atoms with E-state index in [4.69, 9.17) is 4.74 Å². The number of carbonyl (C=O) groups excluding carboxylic acids is 2. The molecule has 0 spiro atoms. The molecular formula is C16H18BrN3O3. The first-order valence-corrected chi connectivity index (χ1v) is 7.84. The van der Waals surface area contributed by atoms with Gasteiger partial charge in [0, 0.05) is 10.7 Å². The molecule has 2 amide bonds. The van der Waals surface area contributed by atoms with E-state index in [2.05, 4.69) is 31.8 Å². The van der Waals surface area contributed by atoms with Gasteiger partial charge < -0.3 is 9.72 Å². The van der Waals surface area contributed by atoms with Gasteiger partial charge >= 0.3 is 0 Å². The minimum Gasteiger partial charge on any atom is -0.481 e. The van der Waals surface area contributed by atoms with Gasteiger partial charge in [-0.05, 0) is 60.0 Å².